The molecule has 0 bridgehead atoms. The van der Waals surface area contributed by atoms with Crippen LogP contribution in [0.5, 0.6) is 0 Å². The molecule has 0 amide bonds. The summed E-state index contributed by atoms with van der Waals surface area (Å²) in [5.41, 5.74) is 8.76. The van der Waals surface area contributed by atoms with Crippen LogP contribution in [0.1, 0.15) is 25.0 Å². The summed E-state index contributed by atoms with van der Waals surface area (Å²) in [5, 5.41) is 12.1. The molecule has 2 heterocycles. The monoisotopic (exact) mass is 536 g/mol. The van der Waals surface area contributed by atoms with Crippen molar-refractivity contribution >= 4 is 41.6 Å². The predicted molar refractivity (Wildman–Crippen MR) is 129 cm³/mol. The van der Waals surface area contributed by atoms with Crippen LogP contribution in [0, 0.1) is 0 Å². The van der Waals surface area contributed by atoms with E-state index in [0.29, 0.717) is 0 Å². The molecular weight excluding hydrogens is 518 g/mol. The molecule has 2 nitrogen and oxygen atoms in total. The standard InChI is InChI=1S/C26H20N2.2ClH.Pd/c1-17-15-23(19-9-5-3-6-10-19)21-13-14-22-24(20-11-7-4-8-12-20)16-18(2)28-26(22)25(21)27-17;;;/h3-16H,1-2H3;2*1H;/q-2;;;+2/p-2. The Balaban J connectivity index is 0.000000730. The molecule has 0 atom stereocenters. The van der Waals surface area contributed by atoms with Crippen molar-refractivity contribution in [2.45, 2.75) is 13.8 Å². The summed E-state index contributed by atoms with van der Waals surface area (Å²) in [6, 6.07) is 25.4. The molecule has 0 saturated carbocycles. The molecule has 2 aliphatic heterocycles. The first-order valence-electron chi connectivity index (χ1n) is 9.77. The van der Waals surface area contributed by atoms with E-state index in [0.717, 1.165) is 33.2 Å². The fourth-order valence-corrected chi connectivity index (χ4v) is 3.94. The van der Waals surface area contributed by atoms with E-state index in [9.17, 15) is 0 Å². The van der Waals surface area contributed by atoms with E-state index < -0.39 is 0 Å². The number of nitrogens with zero attached hydrogens (tertiary/aromatic N) is 2. The average Bonchev–Trinajstić information content (AvgIpc) is 2.80. The number of hydrogen-bond donors (Lipinski definition) is 0. The van der Waals surface area contributed by atoms with E-state index in [1.165, 1.54) is 22.3 Å². The molecule has 0 radical (unpaired) electrons. The van der Waals surface area contributed by atoms with Crippen LogP contribution in [-0.2, 0) is 15.9 Å². The van der Waals surface area contributed by atoms with Crippen LogP contribution < -0.4 is 10.4 Å². The van der Waals surface area contributed by atoms with Crippen LogP contribution in [0.3, 0.4) is 0 Å². The topological polar surface area (TPSA) is 28.2 Å². The Labute approximate surface area is 199 Å². The molecule has 3 aromatic rings. The van der Waals surface area contributed by atoms with Crippen LogP contribution in [0.25, 0.3) is 21.8 Å². The molecule has 2 aliphatic rings. The summed E-state index contributed by atoms with van der Waals surface area (Å²) in [4.78, 5) is 0. The average molecular weight is 538 g/mol. The summed E-state index contributed by atoms with van der Waals surface area (Å²) in [6.07, 6.45) is 4.33. The second-order valence-corrected chi connectivity index (χ2v) is 9.62. The fourth-order valence-electron chi connectivity index (χ4n) is 3.94. The van der Waals surface area contributed by atoms with Gasteiger partial charge in [0.1, 0.15) is 0 Å². The van der Waals surface area contributed by atoms with Crippen molar-refractivity contribution in [1.29, 1.82) is 0 Å². The normalized spacial score (nSPS) is 14.2. The van der Waals surface area contributed by atoms with Gasteiger partial charge in [0, 0.05) is 0 Å². The van der Waals surface area contributed by atoms with Gasteiger partial charge in [-0.15, -0.1) is 11.4 Å². The van der Waals surface area contributed by atoms with Crippen molar-refractivity contribution in [1.82, 2.24) is 0 Å². The molecule has 0 unspecified atom stereocenters. The van der Waals surface area contributed by atoms with E-state index in [4.69, 9.17) is 29.7 Å². The first-order valence-corrected chi connectivity index (χ1v) is 13.8. The number of benzene rings is 3. The van der Waals surface area contributed by atoms with Crippen molar-refractivity contribution in [2.24, 2.45) is 0 Å². The van der Waals surface area contributed by atoms with Gasteiger partial charge in [0.25, 0.3) is 0 Å². The molecular formula is C26H20Cl2N2Pd-2. The third kappa shape index (κ3) is 4.66. The number of allylic oxidation sites excluding steroid dienone is 4. The summed E-state index contributed by atoms with van der Waals surface area (Å²) in [5.74, 6) is 0. The molecule has 0 aliphatic carbocycles. The Morgan fingerprint density at radius 1 is 0.581 bits per heavy atom. The van der Waals surface area contributed by atoms with E-state index >= 15 is 0 Å². The van der Waals surface area contributed by atoms with Crippen LogP contribution in [0.2, 0.25) is 0 Å². The molecule has 0 fully saturated rings. The molecule has 0 spiro atoms. The van der Waals surface area contributed by atoms with Crippen molar-refractivity contribution < 1.29 is 15.9 Å². The van der Waals surface area contributed by atoms with Crippen molar-refractivity contribution in [3.05, 3.63) is 129 Å². The van der Waals surface area contributed by atoms with E-state index in [-0.39, 0.29) is 15.9 Å². The quantitative estimate of drug-likeness (QED) is 0.307. The molecule has 160 valence electrons. The van der Waals surface area contributed by atoms with Gasteiger partial charge in [0.2, 0.25) is 0 Å². The fraction of sp³-hybridized carbons (Fsp3) is 0.0769. The van der Waals surface area contributed by atoms with Crippen LogP contribution in [-0.4, -0.2) is 0 Å². The second-order valence-electron chi connectivity index (χ2n) is 7.26. The maximum atomic E-state index is 4.90. The zero-order chi connectivity index (χ0) is 21.8. The molecule has 3 aromatic carbocycles. The van der Waals surface area contributed by atoms with Gasteiger partial charge in [0.05, 0.1) is 0 Å². The molecule has 5 rings (SSSR count). The minimum absolute atomic E-state index is 0.106. The van der Waals surface area contributed by atoms with Gasteiger partial charge in [-0.1, -0.05) is 98.8 Å². The van der Waals surface area contributed by atoms with Gasteiger partial charge in [-0.3, -0.25) is 0 Å². The first-order chi connectivity index (χ1) is 15.1. The zero-order valence-corrected chi connectivity index (χ0v) is 20.1. The van der Waals surface area contributed by atoms with Gasteiger partial charge in [-0.25, -0.2) is 0 Å². The van der Waals surface area contributed by atoms with Crippen molar-refractivity contribution in [2.75, 3.05) is 0 Å². The van der Waals surface area contributed by atoms with Gasteiger partial charge in [-0.05, 0) is 32.7 Å². The summed E-state index contributed by atoms with van der Waals surface area (Å²) in [6.45, 7) is 4.11. The Bertz CT molecular complexity index is 1180. The van der Waals surface area contributed by atoms with E-state index in [1.54, 1.807) is 0 Å². The van der Waals surface area contributed by atoms with Crippen LogP contribution >= 0.6 is 19.1 Å². The van der Waals surface area contributed by atoms with Gasteiger partial charge in [-0.2, -0.15) is 11.4 Å². The van der Waals surface area contributed by atoms with Gasteiger partial charge < -0.3 is 10.6 Å². The van der Waals surface area contributed by atoms with Crippen molar-refractivity contribution in [3.63, 3.8) is 0 Å². The molecule has 0 N–H and O–H groups in total. The predicted octanol–water partition coefficient (Wildman–Crippen LogP) is 7.31. The Morgan fingerprint density at radius 2 is 0.935 bits per heavy atom. The van der Waals surface area contributed by atoms with Crippen LogP contribution in [0.15, 0.2) is 96.3 Å². The van der Waals surface area contributed by atoms with Crippen molar-refractivity contribution in [3.8, 4) is 0 Å². The third-order valence-corrected chi connectivity index (χ3v) is 5.18. The number of fused-ring (bicyclic) bond motifs is 3. The van der Waals surface area contributed by atoms with Crippen LogP contribution in [0.4, 0.5) is 11.4 Å². The number of rotatable bonds is 2. The first kappa shape index (κ1) is 21.9. The molecule has 31 heavy (non-hydrogen) atoms. The third-order valence-electron chi connectivity index (χ3n) is 5.18. The number of hydrogen-bond acceptors (Lipinski definition) is 0. The zero-order valence-electron chi connectivity index (χ0n) is 17.0. The summed E-state index contributed by atoms with van der Waals surface area (Å²) >= 11 is -0.106. The minimum atomic E-state index is -0.106. The molecule has 0 aromatic heterocycles. The molecule has 5 heteroatoms. The van der Waals surface area contributed by atoms with Gasteiger partial charge >= 0.3 is 35.0 Å². The maximum absolute atomic E-state index is 4.90. The number of halogens is 2. The van der Waals surface area contributed by atoms with E-state index in [1.807, 2.05) is 12.1 Å². The SMILES string of the molecule is CC1=CC(c2ccccc2)=c2ccc3c(c2[N-]1)[N-]C(C)=CC=3c1ccccc1.[Cl][Pd][Cl]. The molecule has 0 saturated heterocycles. The summed E-state index contributed by atoms with van der Waals surface area (Å²) in [7, 11) is 9.63. The Morgan fingerprint density at radius 3 is 1.29 bits per heavy atom. The Hall–Kier alpha value is -2.28. The summed E-state index contributed by atoms with van der Waals surface area (Å²) < 4.78 is 0. The van der Waals surface area contributed by atoms with Gasteiger partial charge in [0.15, 0.2) is 0 Å². The van der Waals surface area contributed by atoms with E-state index in [2.05, 4.69) is 86.7 Å². The second kappa shape index (κ2) is 9.90. The Kier molecular flexibility index (Phi) is 7.00.